The standard InChI is InChI=1S/C7H6BrN3OS2/c1-3-4(2)12-6(9-3)14-7-11-10-5(8)13-7/h1-2H3. The molecule has 0 bridgehead atoms. The first-order valence-electron chi connectivity index (χ1n) is 3.76. The SMILES string of the molecule is Cc1nc(Sc2nnc(Br)s2)oc1C. The smallest absolute Gasteiger partial charge is 0.263 e. The van der Waals surface area contributed by atoms with Gasteiger partial charge < -0.3 is 4.42 Å². The molecule has 0 fully saturated rings. The summed E-state index contributed by atoms with van der Waals surface area (Å²) in [7, 11) is 0. The number of hydrogen-bond acceptors (Lipinski definition) is 6. The minimum atomic E-state index is 0.614. The van der Waals surface area contributed by atoms with Crippen LogP contribution in [0.2, 0.25) is 0 Å². The Morgan fingerprint density at radius 1 is 1.36 bits per heavy atom. The van der Waals surface area contributed by atoms with Crippen molar-refractivity contribution < 1.29 is 4.42 Å². The Labute approximate surface area is 97.3 Å². The molecule has 14 heavy (non-hydrogen) atoms. The van der Waals surface area contributed by atoms with Crippen molar-refractivity contribution in [1.29, 1.82) is 0 Å². The molecule has 7 heteroatoms. The second-order valence-corrected chi connectivity index (χ2v) is 6.00. The number of oxazole rings is 1. The van der Waals surface area contributed by atoms with Gasteiger partial charge in [0.25, 0.3) is 5.22 Å². The zero-order valence-electron chi connectivity index (χ0n) is 7.44. The third kappa shape index (κ3) is 2.15. The third-order valence-electron chi connectivity index (χ3n) is 1.57. The molecular formula is C7H6BrN3OS2. The maximum Gasteiger partial charge on any atom is 0.263 e. The summed E-state index contributed by atoms with van der Waals surface area (Å²) in [5.41, 5.74) is 0.913. The Morgan fingerprint density at radius 2 is 2.14 bits per heavy atom. The molecule has 0 unspecified atom stereocenters. The average molecular weight is 292 g/mol. The van der Waals surface area contributed by atoms with Crippen molar-refractivity contribution in [3.8, 4) is 0 Å². The van der Waals surface area contributed by atoms with Crippen LogP contribution in [-0.4, -0.2) is 15.2 Å². The summed E-state index contributed by atoms with van der Waals surface area (Å²) in [5, 5.41) is 8.39. The number of hydrogen-bond donors (Lipinski definition) is 0. The van der Waals surface area contributed by atoms with E-state index in [4.69, 9.17) is 4.42 Å². The van der Waals surface area contributed by atoms with Gasteiger partial charge in [0.15, 0.2) is 8.26 Å². The fourth-order valence-corrected chi connectivity index (χ4v) is 3.16. The Hall–Kier alpha value is -0.400. The van der Waals surface area contributed by atoms with E-state index in [-0.39, 0.29) is 0 Å². The summed E-state index contributed by atoms with van der Waals surface area (Å²) in [5.74, 6) is 0.844. The summed E-state index contributed by atoms with van der Waals surface area (Å²) in [6.07, 6.45) is 0. The van der Waals surface area contributed by atoms with Crippen LogP contribution >= 0.6 is 39.0 Å². The molecule has 0 amide bonds. The highest BCUT2D eigenvalue weighted by atomic mass is 79.9. The van der Waals surface area contributed by atoms with Crippen molar-refractivity contribution in [2.24, 2.45) is 0 Å². The van der Waals surface area contributed by atoms with Crippen LogP contribution in [-0.2, 0) is 0 Å². The second kappa shape index (κ2) is 4.00. The largest absolute Gasteiger partial charge is 0.436 e. The Kier molecular flexibility index (Phi) is 2.89. The lowest BCUT2D eigenvalue weighted by atomic mass is 10.4. The van der Waals surface area contributed by atoms with Crippen LogP contribution in [0.25, 0.3) is 0 Å². The zero-order chi connectivity index (χ0) is 10.1. The van der Waals surface area contributed by atoms with E-state index in [1.54, 1.807) is 0 Å². The monoisotopic (exact) mass is 291 g/mol. The van der Waals surface area contributed by atoms with Crippen LogP contribution in [0.15, 0.2) is 17.9 Å². The first-order chi connectivity index (χ1) is 6.65. The van der Waals surface area contributed by atoms with Gasteiger partial charge in [0, 0.05) is 11.8 Å². The molecule has 0 aliphatic rings. The Bertz CT molecular complexity index is 434. The van der Waals surface area contributed by atoms with Gasteiger partial charge >= 0.3 is 0 Å². The summed E-state index contributed by atoms with van der Waals surface area (Å²) in [4.78, 5) is 4.23. The molecule has 2 rings (SSSR count). The van der Waals surface area contributed by atoms with E-state index < -0.39 is 0 Å². The minimum Gasteiger partial charge on any atom is -0.436 e. The summed E-state index contributed by atoms with van der Waals surface area (Å²) < 4.78 is 6.98. The molecule has 0 aliphatic heterocycles. The van der Waals surface area contributed by atoms with E-state index in [1.165, 1.54) is 23.1 Å². The normalized spacial score (nSPS) is 10.8. The molecule has 0 radical (unpaired) electrons. The minimum absolute atomic E-state index is 0.614. The quantitative estimate of drug-likeness (QED) is 0.851. The highest BCUT2D eigenvalue weighted by Gasteiger charge is 2.10. The average Bonchev–Trinajstić information content (AvgIpc) is 2.62. The molecule has 2 aromatic heterocycles. The van der Waals surface area contributed by atoms with Crippen LogP contribution in [0.4, 0.5) is 0 Å². The van der Waals surface area contributed by atoms with Crippen molar-refractivity contribution in [2.45, 2.75) is 23.4 Å². The topological polar surface area (TPSA) is 51.8 Å². The van der Waals surface area contributed by atoms with Gasteiger partial charge in [-0.3, -0.25) is 0 Å². The van der Waals surface area contributed by atoms with Gasteiger partial charge in [0.05, 0.1) is 5.69 Å². The first kappa shape index (κ1) is 10.1. The molecule has 2 aromatic rings. The van der Waals surface area contributed by atoms with Crippen LogP contribution in [0.1, 0.15) is 11.5 Å². The molecule has 2 heterocycles. The van der Waals surface area contributed by atoms with Gasteiger partial charge in [-0.15, -0.1) is 10.2 Å². The maximum atomic E-state index is 5.40. The van der Waals surface area contributed by atoms with Crippen molar-refractivity contribution in [2.75, 3.05) is 0 Å². The predicted molar refractivity (Wildman–Crippen MR) is 57.7 cm³/mol. The molecule has 74 valence electrons. The van der Waals surface area contributed by atoms with E-state index in [2.05, 4.69) is 31.1 Å². The molecule has 0 saturated carbocycles. The van der Waals surface area contributed by atoms with Crippen molar-refractivity contribution in [3.63, 3.8) is 0 Å². The second-order valence-electron chi connectivity index (χ2n) is 2.54. The van der Waals surface area contributed by atoms with Crippen LogP contribution < -0.4 is 0 Å². The summed E-state index contributed by atoms with van der Waals surface area (Å²) in [6.45, 7) is 3.81. The van der Waals surface area contributed by atoms with E-state index in [0.29, 0.717) is 5.22 Å². The van der Waals surface area contributed by atoms with Gasteiger partial charge in [0.1, 0.15) is 5.76 Å². The van der Waals surface area contributed by atoms with Crippen LogP contribution in [0.3, 0.4) is 0 Å². The van der Waals surface area contributed by atoms with E-state index in [9.17, 15) is 0 Å². The lowest BCUT2D eigenvalue weighted by molar-refractivity contribution is 0.431. The van der Waals surface area contributed by atoms with Crippen molar-refractivity contribution in [3.05, 3.63) is 15.4 Å². The first-order valence-corrected chi connectivity index (χ1v) is 6.18. The highest BCUT2D eigenvalue weighted by molar-refractivity contribution is 9.11. The fourth-order valence-electron chi connectivity index (χ4n) is 0.796. The lowest BCUT2D eigenvalue weighted by Crippen LogP contribution is -1.73. The van der Waals surface area contributed by atoms with E-state index in [0.717, 1.165) is 19.7 Å². The van der Waals surface area contributed by atoms with Crippen molar-refractivity contribution >= 4 is 39.0 Å². The summed E-state index contributed by atoms with van der Waals surface area (Å²) >= 11 is 6.08. The number of rotatable bonds is 2. The highest BCUT2D eigenvalue weighted by Crippen LogP contribution is 2.31. The molecule has 0 atom stereocenters. The number of aryl methyl sites for hydroxylation is 2. The van der Waals surface area contributed by atoms with Gasteiger partial charge in [-0.25, -0.2) is 4.98 Å². The number of halogens is 1. The van der Waals surface area contributed by atoms with E-state index in [1.807, 2.05) is 13.8 Å². The Balaban J connectivity index is 2.18. The number of nitrogens with zero attached hydrogens (tertiary/aromatic N) is 3. The fraction of sp³-hybridized carbons (Fsp3) is 0.286. The van der Waals surface area contributed by atoms with Gasteiger partial charge in [-0.1, -0.05) is 11.3 Å². The van der Waals surface area contributed by atoms with Gasteiger partial charge in [-0.2, -0.15) is 0 Å². The third-order valence-corrected chi connectivity index (χ3v) is 3.82. The molecule has 0 aliphatic carbocycles. The molecule has 0 spiro atoms. The van der Waals surface area contributed by atoms with Gasteiger partial charge in [0.2, 0.25) is 0 Å². The van der Waals surface area contributed by atoms with Crippen LogP contribution in [0, 0.1) is 13.8 Å². The van der Waals surface area contributed by atoms with E-state index >= 15 is 0 Å². The zero-order valence-corrected chi connectivity index (χ0v) is 10.7. The number of aromatic nitrogens is 3. The van der Waals surface area contributed by atoms with Crippen LogP contribution in [0.5, 0.6) is 0 Å². The van der Waals surface area contributed by atoms with Crippen molar-refractivity contribution in [1.82, 2.24) is 15.2 Å². The lowest BCUT2D eigenvalue weighted by Gasteiger charge is -1.86. The molecule has 0 N–H and O–H groups in total. The molecule has 0 saturated heterocycles. The summed E-state index contributed by atoms with van der Waals surface area (Å²) in [6, 6.07) is 0. The molecule has 0 aromatic carbocycles. The maximum absolute atomic E-state index is 5.40. The van der Waals surface area contributed by atoms with Gasteiger partial charge in [-0.05, 0) is 29.8 Å². The Morgan fingerprint density at radius 3 is 2.64 bits per heavy atom. The molecular weight excluding hydrogens is 286 g/mol. The predicted octanol–water partition coefficient (Wildman–Crippen LogP) is 3.06. The molecule has 4 nitrogen and oxygen atoms in total.